The van der Waals surface area contributed by atoms with Gasteiger partial charge in [0.15, 0.2) is 6.10 Å². The van der Waals surface area contributed by atoms with Crippen LogP contribution in [-0.2, 0) is 32.7 Å². The maximum atomic E-state index is 12.6. The van der Waals surface area contributed by atoms with Gasteiger partial charge in [-0.15, -0.1) is 0 Å². The van der Waals surface area contributed by atoms with E-state index in [0.29, 0.717) is 19.3 Å². The van der Waals surface area contributed by atoms with Crippen LogP contribution in [0.15, 0.2) is 36.5 Å². The zero-order valence-electron chi connectivity index (χ0n) is 37.1. The second-order valence-corrected chi connectivity index (χ2v) is 17.3. The SMILES string of the molecule is CCCCCCCC/C=C/C/C=C/C=C/C(O)CCCC(=O)OC[C@H](COP(=O)(O)OCCN)OC(=O)CCCCCCCCCCCCCCCCCCCCC. The van der Waals surface area contributed by atoms with E-state index in [0.717, 1.165) is 32.1 Å². The standard InChI is InChI=1S/C47H88NO9P/c1-3-5-7-9-11-13-15-17-18-19-20-21-22-24-26-28-30-32-34-38-47(51)57-45(43-56-58(52,53)55-41-40-48)42-54-46(50)39-35-37-44(49)36-33-31-29-27-25-23-16-14-12-10-8-6-4-2/h23,25,29,31,33,36,44-45,49H,3-22,24,26-28,30,32,34-35,37-43,48H2,1-2H3,(H,52,53)/b25-23+,31-29+,36-33+/t44?,45-/m1/s1. The Morgan fingerprint density at radius 2 is 1.10 bits per heavy atom. The second-order valence-electron chi connectivity index (χ2n) is 15.8. The van der Waals surface area contributed by atoms with Crippen LogP contribution < -0.4 is 5.73 Å². The lowest BCUT2D eigenvalue weighted by atomic mass is 10.0. The van der Waals surface area contributed by atoms with Gasteiger partial charge in [-0.05, 0) is 38.5 Å². The first-order chi connectivity index (χ1) is 28.2. The molecule has 0 amide bonds. The molecular formula is C47H88NO9P. The summed E-state index contributed by atoms with van der Waals surface area (Å²) in [6.07, 6.45) is 44.9. The highest BCUT2D eigenvalue weighted by Gasteiger charge is 2.26. The van der Waals surface area contributed by atoms with Crippen molar-refractivity contribution in [2.75, 3.05) is 26.4 Å². The van der Waals surface area contributed by atoms with Crippen LogP contribution in [0.5, 0.6) is 0 Å². The first-order valence-corrected chi connectivity index (χ1v) is 25.1. The molecule has 2 unspecified atom stereocenters. The predicted octanol–water partition coefficient (Wildman–Crippen LogP) is 12.7. The molecule has 0 rings (SSSR count). The molecule has 0 fully saturated rings. The highest BCUT2D eigenvalue weighted by molar-refractivity contribution is 7.47. The molecule has 0 aliphatic rings. The fourth-order valence-electron chi connectivity index (χ4n) is 6.59. The molecular weight excluding hydrogens is 753 g/mol. The maximum Gasteiger partial charge on any atom is 0.472 e. The number of aliphatic hydroxyl groups is 1. The minimum absolute atomic E-state index is 0.0293. The van der Waals surface area contributed by atoms with Gasteiger partial charge in [0.1, 0.15) is 6.61 Å². The van der Waals surface area contributed by atoms with Crippen molar-refractivity contribution in [3.8, 4) is 0 Å². The van der Waals surface area contributed by atoms with Gasteiger partial charge in [0.25, 0.3) is 0 Å². The molecule has 0 aromatic carbocycles. The lowest BCUT2D eigenvalue weighted by Crippen LogP contribution is -2.29. The number of carbonyl (C=O) groups excluding carboxylic acids is 2. The molecule has 0 aliphatic heterocycles. The average Bonchev–Trinajstić information content (AvgIpc) is 3.20. The number of unbranched alkanes of at least 4 members (excludes halogenated alkanes) is 24. The molecule has 3 atom stereocenters. The molecule has 0 saturated heterocycles. The zero-order chi connectivity index (χ0) is 42.6. The third-order valence-corrected chi connectivity index (χ3v) is 11.1. The fraction of sp³-hybridized carbons (Fsp3) is 0.830. The molecule has 0 spiro atoms. The maximum absolute atomic E-state index is 12.6. The van der Waals surface area contributed by atoms with Gasteiger partial charge in [0.05, 0.1) is 19.3 Å². The summed E-state index contributed by atoms with van der Waals surface area (Å²) in [6.45, 7) is 3.54. The first kappa shape index (κ1) is 56.2. The van der Waals surface area contributed by atoms with Crippen molar-refractivity contribution in [2.45, 2.75) is 225 Å². The topological polar surface area (TPSA) is 155 Å². The number of ether oxygens (including phenoxy) is 2. The molecule has 4 N–H and O–H groups in total. The summed E-state index contributed by atoms with van der Waals surface area (Å²) >= 11 is 0. The molecule has 0 aromatic heterocycles. The Hall–Kier alpha value is -1.81. The monoisotopic (exact) mass is 842 g/mol. The van der Waals surface area contributed by atoms with E-state index < -0.39 is 38.6 Å². The van der Waals surface area contributed by atoms with Gasteiger partial charge in [0, 0.05) is 19.4 Å². The Morgan fingerprint density at radius 1 is 0.603 bits per heavy atom. The largest absolute Gasteiger partial charge is 0.472 e. The van der Waals surface area contributed by atoms with E-state index in [2.05, 4.69) is 26.0 Å². The van der Waals surface area contributed by atoms with E-state index in [1.54, 1.807) is 6.08 Å². The van der Waals surface area contributed by atoms with Gasteiger partial charge in [-0.25, -0.2) is 4.57 Å². The Morgan fingerprint density at radius 3 is 1.64 bits per heavy atom. The predicted molar refractivity (Wildman–Crippen MR) is 240 cm³/mol. The molecule has 0 radical (unpaired) electrons. The van der Waals surface area contributed by atoms with Crippen LogP contribution in [0.2, 0.25) is 0 Å². The number of aliphatic hydroxyl groups excluding tert-OH is 1. The van der Waals surface area contributed by atoms with Crippen LogP contribution in [0.1, 0.15) is 213 Å². The lowest BCUT2D eigenvalue weighted by molar-refractivity contribution is -0.161. The summed E-state index contributed by atoms with van der Waals surface area (Å²) in [7, 11) is -4.42. The number of carbonyl (C=O) groups is 2. The summed E-state index contributed by atoms with van der Waals surface area (Å²) in [6, 6.07) is 0. The highest BCUT2D eigenvalue weighted by Crippen LogP contribution is 2.43. The minimum Gasteiger partial charge on any atom is -0.462 e. The fourth-order valence-corrected chi connectivity index (χ4v) is 7.35. The number of phosphoric ester groups is 1. The van der Waals surface area contributed by atoms with E-state index in [9.17, 15) is 24.2 Å². The minimum atomic E-state index is -4.42. The Balaban J connectivity index is 4.24. The number of nitrogens with two attached hydrogens (primary N) is 1. The van der Waals surface area contributed by atoms with Gasteiger partial charge in [-0.3, -0.25) is 18.6 Å². The molecule has 0 aromatic rings. The summed E-state index contributed by atoms with van der Waals surface area (Å²) in [5.41, 5.74) is 5.35. The van der Waals surface area contributed by atoms with Gasteiger partial charge in [-0.1, -0.05) is 198 Å². The van der Waals surface area contributed by atoms with Crippen molar-refractivity contribution in [1.82, 2.24) is 0 Å². The lowest BCUT2D eigenvalue weighted by Gasteiger charge is -2.20. The number of phosphoric acid groups is 1. The number of esters is 2. The summed E-state index contributed by atoms with van der Waals surface area (Å²) in [4.78, 5) is 35.0. The van der Waals surface area contributed by atoms with Crippen molar-refractivity contribution in [1.29, 1.82) is 0 Å². The smallest absolute Gasteiger partial charge is 0.462 e. The molecule has 58 heavy (non-hydrogen) atoms. The van der Waals surface area contributed by atoms with Gasteiger partial charge < -0.3 is 25.2 Å². The number of rotatable bonds is 44. The van der Waals surface area contributed by atoms with Crippen molar-refractivity contribution in [3.05, 3.63) is 36.5 Å². The van der Waals surface area contributed by atoms with Gasteiger partial charge >= 0.3 is 19.8 Å². The van der Waals surface area contributed by atoms with E-state index in [4.69, 9.17) is 24.3 Å². The number of hydrogen-bond acceptors (Lipinski definition) is 9. The van der Waals surface area contributed by atoms with Crippen molar-refractivity contribution >= 4 is 19.8 Å². The van der Waals surface area contributed by atoms with Crippen LogP contribution in [0.4, 0.5) is 0 Å². The summed E-state index contributed by atoms with van der Waals surface area (Å²) in [5.74, 6) is -1.02. The van der Waals surface area contributed by atoms with E-state index in [1.807, 2.05) is 18.2 Å². The molecule has 11 heteroatoms. The molecule has 10 nitrogen and oxygen atoms in total. The Kier molecular flexibility index (Phi) is 41.9. The summed E-state index contributed by atoms with van der Waals surface area (Å²) in [5, 5.41) is 10.3. The third kappa shape index (κ3) is 42.3. The normalized spacial score (nSPS) is 14.1. The van der Waals surface area contributed by atoms with Crippen LogP contribution in [0, 0.1) is 0 Å². The van der Waals surface area contributed by atoms with Crippen LogP contribution in [0.25, 0.3) is 0 Å². The summed E-state index contributed by atoms with van der Waals surface area (Å²) < 4.78 is 32.7. The van der Waals surface area contributed by atoms with Gasteiger partial charge in [-0.2, -0.15) is 0 Å². The number of hydrogen-bond donors (Lipinski definition) is 3. The van der Waals surface area contributed by atoms with Crippen LogP contribution >= 0.6 is 7.82 Å². The zero-order valence-corrected chi connectivity index (χ0v) is 38.0. The van der Waals surface area contributed by atoms with Gasteiger partial charge in [0.2, 0.25) is 0 Å². The third-order valence-electron chi connectivity index (χ3n) is 10.1. The molecule has 0 heterocycles. The molecule has 340 valence electrons. The highest BCUT2D eigenvalue weighted by atomic mass is 31.2. The van der Waals surface area contributed by atoms with Crippen molar-refractivity contribution < 1.29 is 42.7 Å². The molecule has 0 saturated carbocycles. The van der Waals surface area contributed by atoms with E-state index in [-0.39, 0.29) is 32.6 Å². The van der Waals surface area contributed by atoms with Crippen LogP contribution in [0.3, 0.4) is 0 Å². The van der Waals surface area contributed by atoms with Crippen molar-refractivity contribution in [2.24, 2.45) is 5.73 Å². The quantitative estimate of drug-likeness (QED) is 0.0177. The van der Waals surface area contributed by atoms with Crippen LogP contribution in [-0.4, -0.2) is 60.5 Å². The van der Waals surface area contributed by atoms with E-state index >= 15 is 0 Å². The molecule has 0 aliphatic carbocycles. The van der Waals surface area contributed by atoms with Crippen molar-refractivity contribution in [3.63, 3.8) is 0 Å². The Labute approximate surface area is 355 Å². The average molecular weight is 842 g/mol. The Bertz CT molecular complexity index is 1070. The first-order valence-electron chi connectivity index (χ1n) is 23.6. The van der Waals surface area contributed by atoms with E-state index in [1.165, 1.54) is 135 Å². The number of allylic oxidation sites excluding steroid dienone is 5. The molecule has 0 bridgehead atoms. The second kappa shape index (κ2) is 43.3.